The summed E-state index contributed by atoms with van der Waals surface area (Å²) in [5.41, 5.74) is 1.56. The highest BCUT2D eigenvalue weighted by molar-refractivity contribution is 7.15. The Kier molecular flexibility index (Phi) is 3.19. The van der Waals surface area contributed by atoms with Crippen LogP contribution in [0.15, 0.2) is 12.4 Å². The van der Waals surface area contributed by atoms with Crippen LogP contribution in [0.2, 0.25) is 0 Å². The number of fused-ring (bicyclic) bond motifs is 1. The average Bonchev–Trinajstić information content (AvgIpc) is 2.94. The standard InChI is InChI=1S/C14H20N4S/c1-4-15-9-7-14(2,3)8-10-11(9)19-13(18-10)12-16-5-6-17-12/h5-6,9,15H,4,7-8H2,1-3H3,(H,16,17). The maximum Gasteiger partial charge on any atom is 0.166 e. The van der Waals surface area contributed by atoms with E-state index < -0.39 is 0 Å². The van der Waals surface area contributed by atoms with Crippen LogP contribution in [-0.4, -0.2) is 21.5 Å². The minimum Gasteiger partial charge on any atom is -0.343 e. The number of aromatic amines is 1. The Balaban J connectivity index is 2.00. The average molecular weight is 276 g/mol. The molecular formula is C14H20N4S. The van der Waals surface area contributed by atoms with Gasteiger partial charge in [0.2, 0.25) is 0 Å². The van der Waals surface area contributed by atoms with Gasteiger partial charge >= 0.3 is 0 Å². The fourth-order valence-corrected chi connectivity index (χ4v) is 3.94. The molecule has 102 valence electrons. The lowest BCUT2D eigenvalue weighted by Gasteiger charge is -2.34. The van der Waals surface area contributed by atoms with Gasteiger partial charge in [-0.05, 0) is 24.8 Å². The van der Waals surface area contributed by atoms with E-state index in [-0.39, 0.29) is 0 Å². The molecule has 1 unspecified atom stereocenters. The quantitative estimate of drug-likeness (QED) is 0.905. The molecule has 2 aromatic rings. The first-order chi connectivity index (χ1) is 9.09. The van der Waals surface area contributed by atoms with Crippen LogP contribution < -0.4 is 5.32 Å². The molecule has 0 radical (unpaired) electrons. The van der Waals surface area contributed by atoms with E-state index in [0.717, 1.165) is 23.8 Å². The first kappa shape index (κ1) is 12.8. The van der Waals surface area contributed by atoms with Gasteiger partial charge in [0, 0.05) is 23.3 Å². The smallest absolute Gasteiger partial charge is 0.166 e. The van der Waals surface area contributed by atoms with Gasteiger partial charge in [0.15, 0.2) is 10.8 Å². The van der Waals surface area contributed by atoms with Crippen molar-refractivity contribution < 1.29 is 0 Å². The predicted octanol–water partition coefficient (Wildman–Crippen LogP) is 3.16. The Hall–Kier alpha value is -1.20. The summed E-state index contributed by atoms with van der Waals surface area (Å²) in [6.07, 6.45) is 5.86. The van der Waals surface area contributed by atoms with Crippen LogP contribution in [0, 0.1) is 5.41 Å². The lowest BCUT2D eigenvalue weighted by molar-refractivity contribution is 0.260. The van der Waals surface area contributed by atoms with E-state index in [0.29, 0.717) is 11.5 Å². The van der Waals surface area contributed by atoms with E-state index in [1.54, 1.807) is 17.5 Å². The van der Waals surface area contributed by atoms with Crippen LogP contribution >= 0.6 is 11.3 Å². The summed E-state index contributed by atoms with van der Waals surface area (Å²) in [5.74, 6) is 0.882. The number of hydrogen-bond acceptors (Lipinski definition) is 4. The molecule has 2 aromatic heterocycles. The van der Waals surface area contributed by atoms with E-state index in [9.17, 15) is 0 Å². The van der Waals surface area contributed by atoms with Crippen molar-refractivity contribution in [3.05, 3.63) is 23.0 Å². The Morgan fingerprint density at radius 3 is 3.05 bits per heavy atom. The molecule has 1 atom stereocenters. The summed E-state index contributed by atoms with van der Waals surface area (Å²) in [6.45, 7) is 7.81. The second kappa shape index (κ2) is 4.72. The third-order valence-electron chi connectivity index (χ3n) is 3.60. The fraction of sp³-hybridized carbons (Fsp3) is 0.571. The third kappa shape index (κ3) is 2.44. The molecule has 3 rings (SSSR count). The molecule has 0 saturated heterocycles. The van der Waals surface area contributed by atoms with E-state index in [1.807, 2.05) is 6.20 Å². The predicted molar refractivity (Wildman–Crippen MR) is 78.2 cm³/mol. The summed E-state index contributed by atoms with van der Waals surface area (Å²) < 4.78 is 0. The van der Waals surface area contributed by atoms with Gasteiger partial charge in [-0.1, -0.05) is 20.8 Å². The largest absolute Gasteiger partial charge is 0.343 e. The van der Waals surface area contributed by atoms with Crippen molar-refractivity contribution in [2.24, 2.45) is 5.41 Å². The number of rotatable bonds is 3. The van der Waals surface area contributed by atoms with Gasteiger partial charge in [-0.3, -0.25) is 0 Å². The second-order valence-electron chi connectivity index (χ2n) is 5.92. The summed E-state index contributed by atoms with van der Waals surface area (Å²) in [4.78, 5) is 13.7. The van der Waals surface area contributed by atoms with Crippen molar-refractivity contribution in [3.63, 3.8) is 0 Å². The molecule has 1 aliphatic carbocycles. The highest BCUT2D eigenvalue weighted by Gasteiger charge is 2.34. The monoisotopic (exact) mass is 276 g/mol. The second-order valence-corrected chi connectivity index (χ2v) is 6.95. The van der Waals surface area contributed by atoms with Gasteiger partial charge in [0.25, 0.3) is 0 Å². The van der Waals surface area contributed by atoms with Crippen molar-refractivity contribution in [2.75, 3.05) is 6.54 Å². The summed E-state index contributed by atoms with van der Waals surface area (Å²) >= 11 is 1.77. The molecule has 2 heterocycles. The lowest BCUT2D eigenvalue weighted by atomic mass is 9.76. The van der Waals surface area contributed by atoms with Gasteiger partial charge < -0.3 is 10.3 Å². The number of H-pyrrole nitrogens is 1. The minimum absolute atomic E-state index is 0.314. The van der Waals surface area contributed by atoms with Crippen molar-refractivity contribution in [1.82, 2.24) is 20.3 Å². The molecule has 2 N–H and O–H groups in total. The normalized spacial score (nSPS) is 21.3. The topological polar surface area (TPSA) is 53.6 Å². The van der Waals surface area contributed by atoms with E-state index in [2.05, 4.69) is 36.1 Å². The Labute approximate surface area is 117 Å². The van der Waals surface area contributed by atoms with Gasteiger partial charge in [0.1, 0.15) is 0 Å². The number of hydrogen-bond donors (Lipinski definition) is 2. The Morgan fingerprint density at radius 2 is 2.37 bits per heavy atom. The lowest BCUT2D eigenvalue weighted by Crippen LogP contribution is -2.32. The number of imidazole rings is 1. The minimum atomic E-state index is 0.314. The molecule has 0 aromatic carbocycles. The molecule has 0 bridgehead atoms. The zero-order valence-electron chi connectivity index (χ0n) is 11.7. The van der Waals surface area contributed by atoms with E-state index in [1.165, 1.54) is 17.0 Å². The van der Waals surface area contributed by atoms with Crippen molar-refractivity contribution in [3.8, 4) is 10.8 Å². The van der Waals surface area contributed by atoms with Gasteiger partial charge in [-0.15, -0.1) is 11.3 Å². The molecule has 4 nitrogen and oxygen atoms in total. The number of aromatic nitrogens is 3. The zero-order valence-corrected chi connectivity index (χ0v) is 12.5. The summed E-state index contributed by atoms with van der Waals surface area (Å²) in [7, 11) is 0. The fourth-order valence-electron chi connectivity index (χ4n) is 2.83. The van der Waals surface area contributed by atoms with Crippen LogP contribution in [0.25, 0.3) is 10.8 Å². The van der Waals surface area contributed by atoms with Gasteiger partial charge in [-0.25, -0.2) is 9.97 Å². The molecule has 1 aliphatic rings. The van der Waals surface area contributed by atoms with Crippen molar-refractivity contribution >= 4 is 11.3 Å². The molecule has 5 heteroatoms. The Morgan fingerprint density at radius 1 is 1.53 bits per heavy atom. The number of nitrogens with one attached hydrogen (secondary N) is 2. The molecule has 0 fully saturated rings. The van der Waals surface area contributed by atoms with Gasteiger partial charge in [-0.2, -0.15) is 0 Å². The van der Waals surface area contributed by atoms with Crippen LogP contribution in [-0.2, 0) is 6.42 Å². The SMILES string of the molecule is CCNC1CC(C)(C)Cc2nc(-c3ncc[nH]3)sc21. The van der Waals surface area contributed by atoms with Gasteiger partial charge in [0.05, 0.1) is 5.69 Å². The van der Waals surface area contributed by atoms with E-state index >= 15 is 0 Å². The van der Waals surface area contributed by atoms with Crippen LogP contribution in [0.5, 0.6) is 0 Å². The third-order valence-corrected chi connectivity index (χ3v) is 4.82. The number of nitrogens with zero attached hydrogens (tertiary/aromatic N) is 2. The van der Waals surface area contributed by atoms with E-state index in [4.69, 9.17) is 4.98 Å². The van der Waals surface area contributed by atoms with Crippen LogP contribution in [0.4, 0.5) is 0 Å². The molecule has 0 amide bonds. The maximum atomic E-state index is 4.81. The first-order valence-electron chi connectivity index (χ1n) is 6.82. The highest BCUT2D eigenvalue weighted by Crippen LogP contribution is 2.44. The van der Waals surface area contributed by atoms with Crippen LogP contribution in [0.1, 0.15) is 43.8 Å². The van der Waals surface area contributed by atoms with Crippen LogP contribution in [0.3, 0.4) is 0 Å². The maximum absolute atomic E-state index is 4.81. The summed E-state index contributed by atoms with van der Waals surface area (Å²) in [6, 6.07) is 0.435. The zero-order chi connectivity index (χ0) is 13.5. The molecule has 0 aliphatic heterocycles. The first-order valence-corrected chi connectivity index (χ1v) is 7.63. The van der Waals surface area contributed by atoms with Crippen molar-refractivity contribution in [1.29, 1.82) is 0 Å². The summed E-state index contributed by atoms with van der Waals surface area (Å²) in [5, 5.41) is 4.60. The van der Waals surface area contributed by atoms with Crippen molar-refractivity contribution in [2.45, 2.75) is 39.7 Å². The Bertz CT molecular complexity index is 556. The molecule has 0 spiro atoms. The molecular weight excluding hydrogens is 256 g/mol. The number of thiazole rings is 1. The molecule has 0 saturated carbocycles. The highest BCUT2D eigenvalue weighted by atomic mass is 32.1. The molecule has 19 heavy (non-hydrogen) atoms.